The van der Waals surface area contributed by atoms with E-state index >= 15 is 0 Å². The molecule has 1 rings (SSSR count). The van der Waals surface area contributed by atoms with Gasteiger partial charge in [-0.05, 0) is 19.1 Å². The van der Waals surface area contributed by atoms with Crippen molar-refractivity contribution in [3.05, 3.63) is 24.3 Å². The van der Waals surface area contributed by atoms with Crippen LogP contribution in [0.1, 0.15) is 6.92 Å². The minimum atomic E-state index is -0.272. The summed E-state index contributed by atoms with van der Waals surface area (Å²) in [6.45, 7) is 2.00. The van der Waals surface area contributed by atoms with Gasteiger partial charge in [0.05, 0.1) is 13.2 Å². The van der Waals surface area contributed by atoms with E-state index in [0.717, 1.165) is 11.4 Å². The van der Waals surface area contributed by atoms with Crippen LogP contribution in [0.2, 0.25) is 0 Å². The molecule has 0 bridgehead atoms. The van der Waals surface area contributed by atoms with Gasteiger partial charge in [-0.15, -0.1) is 0 Å². The first-order valence-electron chi connectivity index (χ1n) is 5.17. The number of hydrogen-bond donors (Lipinski definition) is 1. The minimum Gasteiger partial charge on any atom is -0.497 e. The number of ether oxygens (including phenoxy) is 3. The van der Waals surface area contributed by atoms with Gasteiger partial charge in [0, 0.05) is 26.0 Å². The molecule has 1 N–H and O–H groups in total. The predicted molar refractivity (Wildman–Crippen MR) is 63.9 cm³/mol. The fourth-order valence-electron chi connectivity index (χ4n) is 1.55. The number of benzene rings is 1. The summed E-state index contributed by atoms with van der Waals surface area (Å²) >= 11 is 0. The molecule has 0 amide bonds. The Morgan fingerprint density at radius 2 is 1.81 bits per heavy atom. The maximum Gasteiger partial charge on any atom is 0.176 e. The van der Waals surface area contributed by atoms with Crippen LogP contribution in [0.15, 0.2) is 24.3 Å². The molecule has 0 aliphatic rings. The first-order valence-corrected chi connectivity index (χ1v) is 5.17. The van der Waals surface area contributed by atoms with Gasteiger partial charge >= 0.3 is 0 Å². The Balaban J connectivity index is 2.64. The van der Waals surface area contributed by atoms with Crippen LogP contribution in [0.5, 0.6) is 5.75 Å². The number of methoxy groups -OCH3 is 3. The topological polar surface area (TPSA) is 39.7 Å². The molecular weight excluding hydrogens is 206 g/mol. The Labute approximate surface area is 96.5 Å². The van der Waals surface area contributed by atoms with E-state index in [-0.39, 0.29) is 12.3 Å². The fraction of sp³-hybridized carbons (Fsp3) is 0.500. The monoisotopic (exact) mass is 225 g/mol. The smallest absolute Gasteiger partial charge is 0.176 e. The number of rotatable bonds is 6. The summed E-state index contributed by atoms with van der Waals surface area (Å²) in [5.41, 5.74) is 0.978. The number of anilines is 1. The number of nitrogens with one attached hydrogen (secondary N) is 1. The Kier molecular flexibility index (Phi) is 5.08. The summed E-state index contributed by atoms with van der Waals surface area (Å²) in [4.78, 5) is 0. The Morgan fingerprint density at radius 3 is 2.38 bits per heavy atom. The van der Waals surface area contributed by atoms with Gasteiger partial charge in [-0.1, -0.05) is 6.07 Å². The van der Waals surface area contributed by atoms with Crippen molar-refractivity contribution in [2.45, 2.75) is 19.3 Å². The first kappa shape index (κ1) is 12.8. The second kappa shape index (κ2) is 6.35. The van der Waals surface area contributed by atoms with Gasteiger partial charge in [-0.2, -0.15) is 0 Å². The van der Waals surface area contributed by atoms with E-state index in [1.165, 1.54) is 0 Å². The van der Waals surface area contributed by atoms with Crippen molar-refractivity contribution in [3.63, 3.8) is 0 Å². The van der Waals surface area contributed by atoms with Crippen LogP contribution in [0.3, 0.4) is 0 Å². The zero-order valence-corrected chi connectivity index (χ0v) is 10.2. The van der Waals surface area contributed by atoms with E-state index in [1.807, 2.05) is 31.2 Å². The molecule has 90 valence electrons. The van der Waals surface area contributed by atoms with Gasteiger partial charge in [-0.3, -0.25) is 0 Å². The zero-order valence-electron chi connectivity index (χ0n) is 10.2. The van der Waals surface area contributed by atoms with Crippen molar-refractivity contribution in [2.75, 3.05) is 26.6 Å². The molecule has 1 atom stereocenters. The second-order valence-corrected chi connectivity index (χ2v) is 3.50. The summed E-state index contributed by atoms with van der Waals surface area (Å²) in [5, 5.41) is 3.29. The normalized spacial score (nSPS) is 12.6. The van der Waals surface area contributed by atoms with Gasteiger partial charge in [-0.25, -0.2) is 0 Å². The number of hydrogen-bond acceptors (Lipinski definition) is 4. The second-order valence-electron chi connectivity index (χ2n) is 3.50. The molecule has 0 aromatic heterocycles. The molecule has 4 heteroatoms. The van der Waals surface area contributed by atoms with Crippen LogP contribution in [0.4, 0.5) is 5.69 Å². The fourth-order valence-corrected chi connectivity index (χ4v) is 1.55. The van der Waals surface area contributed by atoms with E-state index < -0.39 is 0 Å². The van der Waals surface area contributed by atoms with E-state index in [2.05, 4.69) is 5.32 Å². The molecule has 1 aromatic rings. The lowest BCUT2D eigenvalue weighted by Crippen LogP contribution is -2.33. The Morgan fingerprint density at radius 1 is 1.12 bits per heavy atom. The highest BCUT2D eigenvalue weighted by molar-refractivity contribution is 5.48. The van der Waals surface area contributed by atoms with Crippen molar-refractivity contribution in [1.82, 2.24) is 0 Å². The Hall–Kier alpha value is -1.26. The molecule has 0 saturated heterocycles. The summed E-state index contributed by atoms with van der Waals surface area (Å²) in [6, 6.07) is 7.80. The third kappa shape index (κ3) is 3.40. The van der Waals surface area contributed by atoms with Crippen molar-refractivity contribution < 1.29 is 14.2 Å². The van der Waals surface area contributed by atoms with Gasteiger partial charge in [0.15, 0.2) is 6.29 Å². The van der Waals surface area contributed by atoms with Crippen LogP contribution >= 0.6 is 0 Å². The van der Waals surface area contributed by atoms with Gasteiger partial charge in [0.25, 0.3) is 0 Å². The average Bonchev–Trinajstić information content (AvgIpc) is 2.31. The van der Waals surface area contributed by atoms with Crippen molar-refractivity contribution in [2.24, 2.45) is 0 Å². The van der Waals surface area contributed by atoms with Crippen LogP contribution in [-0.4, -0.2) is 33.7 Å². The molecule has 0 spiro atoms. The molecule has 4 nitrogen and oxygen atoms in total. The molecule has 0 aliphatic heterocycles. The molecule has 0 saturated carbocycles. The molecule has 1 aromatic carbocycles. The predicted octanol–water partition coefficient (Wildman–Crippen LogP) is 2.11. The molecule has 0 heterocycles. The minimum absolute atomic E-state index is 0.0575. The van der Waals surface area contributed by atoms with Gasteiger partial charge < -0.3 is 19.5 Å². The van der Waals surface area contributed by atoms with E-state index in [0.29, 0.717) is 0 Å². The lowest BCUT2D eigenvalue weighted by molar-refractivity contribution is -0.109. The first-order chi connectivity index (χ1) is 7.71. The quantitative estimate of drug-likeness (QED) is 0.753. The highest BCUT2D eigenvalue weighted by atomic mass is 16.7. The largest absolute Gasteiger partial charge is 0.497 e. The highest BCUT2D eigenvalue weighted by Gasteiger charge is 2.15. The maximum absolute atomic E-state index is 5.17. The molecule has 1 unspecified atom stereocenters. The van der Waals surface area contributed by atoms with Crippen LogP contribution < -0.4 is 10.1 Å². The molecule has 0 fully saturated rings. The lowest BCUT2D eigenvalue weighted by atomic mass is 10.2. The average molecular weight is 225 g/mol. The molecule has 0 radical (unpaired) electrons. The molecule has 0 aliphatic carbocycles. The highest BCUT2D eigenvalue weighted by Crippen LogP contribution is 2.18. The third-order valence-electron chi connectivity index (χ3n) is 2.34. The van der Waals surface area contributed by atoms with Crippen LogP contribution in [-0.2, 0) is 9.47 Å². The SMILES string of the molecule is COc1cccc(NC(C)C(OC)OC)c1. The van der Waals surface area contributed by atoms with Crippen molar-refractivity contribution in [3.8, 4) is 5.75 Å². The van der Waals surface area contributed by atoms with Gasteiger partial charge in [0.1, 0.15) is 5.75 Å². The summed E-state index contributed by atoms with van der Waals surface area (Å²) in [7, 11) is 4.89. The molecular formula is C12H19NO3. The lowest BCUT2D eigenvalue weighted by Gasteiger charge is -2.23. The summed E-state index contributed by atoms with van der Waals surface area (Å²) in [5.74, 6) is 0.823. The zero-order chi connectivity index (χ0) is 12.0. The van der Waals surface area contributed by atoms with Crippen LogP contribution in [0.25, 0.3) is 0 Å². The van der Waals surface area contributed by atoms with Crippen LogP contribution in [0, 0.1) is 0 Å². The third-order valence-corrected chi connectivity index (χ3v) is 2.34. The maximum atomic E-state index is 5.17. The standard InChI is InChI=1S/C12H19NO3/c1-9(12(15-3)16-4)13-10-6-5-7-11(8-10)14-2/h5-9,12-13H,1-4H3. The summed E-state index contributed by atoms with van der Waals surface area (Å²) < 4.78 is 15.5. The van der Waals surface area contributed by atoms with E-state index in [4.69, 9.17) is 14.2 Å². The van der Waals surface area contributed by atoms with E-state index in [1.54, 1.807) is 21.3 Å². The van der Waals surface area contributed by atoms with E-state index in [9.17, 15) is 0 Å². The Bertz CT molecular complexity index is 313. The van der Waals surface area contributed by atoms with Crippen molar-refractivity contribution in [1.29, 1.82) is 0 Å². The summed E-state index contributed by atoms with van der Waals surface area (Å²) in [6.07, 6.45) is -0.272. The van der Waals surface area contributed by atoms with Crippen molar-refractivity contribution >= 4 is 5.69 Å². The molecule has 16 heavy (non-hydrogen) atoms. The van der Waals surface area contributed by atoms with Gasteiger partial charge in [0.2, 0.25) is 0 Å².